The first-order valence-corrected chi connectivity index (χ1v) is 6.48. The molecule has 21 heavy (non-hydrogen) atoms. The Bertz CT molecular complexity index is 624. The van der Waals surface area contributed by atoms with E-state index in [0.29, 0.717) is 16.9 Å². The Morgan fingerprint density at radius 3 is 2.14 bits per heavy atom. The Kier molecular flexibility index (Phi) is 4.68. The van der Waals surface area contributed by atoms with E-state index in [-0.39, 0.29) is 5.78 Å². The molecule has 0 saturated carbocycles. The van der Waals surface area contributed by atoms with Crippen LogP contribution in [0.1, 0.15) is 22.8 Å². The lowest BCUT2D eigenvalue weighted by Gasteiger charge is -2.13. The first kappa shape index (κ1) is 14.7. The lowest BCUT2D eigenvalue weighted by atomic mass is 10.0. The van der Waals surface area contributed by atoms with Crippen molar-refractivity contribution in [2.45, 2.75) is 13.0 Å². The second kappa shape index (κ2) is 6.67. The van der Waals surface area contributed by atoms with E-state index in [1.165, 1.54) is 0 Å². The van der Waals surface area contributed by atoms with Crippen LogP contribution in [0.15, 0.2) is 54.6 Å². The summed E-state index contributed by atoms with van der Waals surface area (Å²) >= 11 is 0. The third kappa shape index (κ3) is 3.67. The number of nitrogens with two attached hydrogens (primary N) is 1. The van der Waals surface area contributed by atoms with Crippen molar-refractivity contribution in [3.63, 3.8) is 0 Å². The topological polar surface area (TPSA) is 81.4 Å². The number of ether oxygens (including phenoxy) is 1. The predicted octanol–water partition coefficient (Wildman–Crippen LogP) is 1.67. The van der Waals surface area contributed by atoms with E-state index in [9.17, 15) is 9.59 Å². The molecule has 0 unspecified atom stereocenters. The van der Waals surface area contributed by atoms with E-state index < -0.39 is 12.0 Å². The van der Waals surface area contributed by atoms with Gasteiger partial charge in [-0.3, -0.25) is 15.0 Å². The summed E-state index contributed by atoms with van der Waals surface area (Å²) in [7, 11) is 0. The van der Waals surface area contributed by atoms with E-state index in [2.05, 4.69) is 0 Å². The molecule has 0 bridgehead atoms. The number of ketones is 1. The smallest absolute Gasteiger partial charge is 0.274 e. The summed E-state index contributed by atoms with van der Waals surface area (Å²) in [5, 5.41) is 0. The van der Waals surface area contributed by atoms with Crippen molar-refractivity contribution >= 4 is 11.7 Å². The fourth-order valence-electron chi connectivity index (χ4n) is 1.82. The maximum absolute atomic E-state index is 12.2. The number of rotatable bonds is 5. The van der Waals surface area contributed by atoms with Crippen molar-refractivity contribution in [2.75, 3.05) is 0 Å². The third-order valence-electron chi connectivity index (χ3n) is 2.98. The van der Waals surface area contributed by atoms with Crippen LogP contribution in [-0.2, 0) is 4.79 Å². The maximum Gasteiger partial charge on any atom is 0.274 e. The van der Waals surface area contributed by atoms with Gasteiger partial charge < -0.3 is 4.74 Å². The first-order chi connectivity index (χ1) is 10.1. The number of carbonyl (C=O) groups excluding carboxylic acids is 2. The van der Waals surface area contributed by atoms with Crippen LogP contribution in [0.3, 0.4) is 0 Å². The Balaban J connectivity index is 2.09. The number of nitrogens with one attached hydrogen (secondary N) is 1. The standard InChI is InChI=1S/C16H16N2O3/c1-11(16(20)18-17)21-14-9-7-13(8-10-14)15(19)12-5-3-2-4-6-12/h2-11H,17H2,1H3,(H,18,20)/t11-/m1/s1. The molecule has 0 aromatic heterocycles. The van der Waals surface area contributed by atoms with Crippen molar-refractivity contribution < 1.29 is 14.3 Å². The van der Waals surface area contributed by atoms with E-state index >= 15 is 0 Å². The quantitative estimate of drug-likeness (QED) is 0.379. The highest BCUT2D eigenvalue weighted by molar-refractivity contribution is 6.08. The molecule has 0 aliphatic carbocycles. The summed E-state index contributed by atoms with van der Waals surface area (Å²) < 4.78 is 5.40. The average Bonchev–Trinajstić information content (AvgIpc) is 2.55. The fraction of sp³-hybridized carbons (Fsp3) is 0.125. The predicted molar refractivity (Wildman–Crippen MR) is 78.7 cm³/mol. The van der Waals surface area contributed by atoms with Crippen LogP contribution in [0, 0.1) is 0 Å². The minimum Gasteiger partial charge on any atom is -0.481 e. The first-order valence-electron chi connectivity index (χ1n) is 6.48. The van der Waals surface area contributed by atoms with Crippen molar-refractivity contribution in [1.29, 1.82) is 0 Å². The molecule has 1 amide bonds. The molecule has 5 nitrogen and oxygen atoms in total. The normalized spacial score (nSPS) is 11.5. The summed E-state index contributed by atoms with van der Waals surface area (Å²) in [6.07, 6.45) is -0.703. The Morgan fingerprint density at radius 1 is 1.00 bits per heavy atom. The summed E-state index contributed by atoms with van der Waals surface area (Å²) in [6, 6.07) is 15.6. The van der Waals surface area contributed by atoms with E-state index in [0.717, 1.165) is 0 Å². The van der Waals surface area contributed by atoms with Gasteiger partial charge in [-0.2, -0.15) is 0 Å². The van der Waals surface area contributed by atoms with Gasteiger partial charge >= 0.3 is 0 Å². The second-order valence-electron chi connectivity index (χ2n) is 4.49. The van der Waals surface area contributed by atoms with Gasteiger partial charge in [-0.15, -0.1) is 0 Å². The van der Waals surface area contributed by atoms with Crippen molar-refractivity contribution in [1.82, 2.24) is 5.43 Å². The van der Waals surface area contributed by atoms with Crippen LogP contribution in [0.4, 0.5) is 0 Å². The SMILES string of the molecule is C[C@@H](Oc1ccc(C(=O)c2ccccc2)cc1)C(=O)NN. The number of hydrazine groups is 1. The highest BCUT2D eigenvalue weighted by Crippen LogP contribution is 2.16. The number of benzene rings is 2. The van der Waals surface area contributed by atoms with Gasteiger partial charge in [-0.05, 0) is 31.2 Å². The van der Waals surface area contributed by atoms with Crippen LogP contribution in [0.25, 0.3) is 0 Å². The molecule has 0 heterocycles. The molecule has 0 aliphatic rings. The molecule has 0 spiro atoms. The van der Waals surface area contributed by atoms with E-state index in [1.807, 2.05) is 23.6 Å². The number of carbonyl (C=O) groups is 2. The summed E-state index contributed by atoms with van der Waals surface area (Å²) in [4.78, 5) is 23.5. The molecular weight excluding hydrogens is 268 g/mol. The van der Waals surface area contributed by atoms with Gasteiger partial charge in [0.25, 0.3) is 5.91 Å². The molecule has 2 aromatic carbocycles. The highest BCUT2D eigenvalue weighted by Gasteiger charge is 2.13. The van der Waals surface area contributed by atoms with Crippen molar-refractivity contribution in [3.8, 4) is 5.75 Å². The van der Waals surface area contributed by atoms with Gasteiger partial charge in [0.2, 0.25) is 0 Å². The minimum absolute atomic E-state index is 0.0603. The lowest BCUT2D eigenvalue weighted by molar-refractivity contribution is -0.127. The maximum atomic E-state index is 12.2. The van der Waals surface area contributed by atoms with Gasteiger partial charge in [-0.1, -0.05) is 30.3 Å². The molecule has 0 radical (unpaired) electrons. The Hall–Kier alpha value is -2.66. The van der Waals surface area contributed by atoms with Crippen LogP contribution < -0.4 is 16.0 Å². The highest BCUT2D eigenvalue weighted by atomic mass is 16.5. The molecule has 3 N–H and O–H groups in total. The van der Waals surface area contributed by atoms with Crippen LogP contribution >= 0.6 is 0 Å². The van der Waals surface area contributed by atoms with E-state index in [1.54, 1.807) is 43.3 Å². The average molecular weight is 284 g/mol. The number of hydrogen-bond donors (Lipinski definition) is 2. The lowest BCUT2D eigenvalue weighted by Crippen LogP contribution is -2.40. The molecule has 2 rings (SSSR count). The van der Waals surface area contributed by atoms with Crippen molar-refractivity contribution in [2.24, 2.45) is 5.84 Å². The van der Waals surface area contributed by atoms with Gasteiger partial charge in [-0.25, -0.2) is 5.84 Å². The molecule has 0 aliphatic heterocycles. The van der Waals surface area contributed by atoms with Crippen molar-refractivity contribution in [3.05, 3.63) is 65.7 Å². The third-order valence-corrected chi connectivity index (χ3v) is 2.98. The van der Waals surface area contributed by atoms with Crippen LogP contribution in [0.2, 0.25) is 0 Å². The molecular formula is C16H16N2O3. The Morgan fingerprint density at radius 2 is 1.57 bits per heavy atom. The zero-order chi connectivity index (χ0) is 15.2. The van der Waals surface area contributed by atoms with E-state index in [4.69, 9.17) is 10.6 Å². The second-order valence-corrected chi connectivity index (χ2v) is 4.49. The van der Waals surface area contributed by atoms with Gasteiger partial charge in [0.15, 0.2) is 11.9 Å². The molecule has 0 fully saturated rings. The van der Waals surface area contributed by atoms with Crippen LogP contribution in [0.5, 0.6) is 5.75 Å². The zero-order valence-corrected chi connectivity index (χ0v) is 11.6. The molecule has 5 heteroatoms. The largest absolute Gasteiger partial charge is 0.481 e. The Labute approximate surface area is 122 Å². The van der Waals surface area contributed by atoms with Gasteiger partial charge in [0, 0.05) is 11.1 Å². The van der Waals surface area contributed by atoms with Gasteiger partial charge in [0.05, 0.1) is 0 Å². The molecule has 0 saturated heterocycles. The van der Waals surface area contributed by atoms with Gasteiger partial charge in [0.1, 0.15) is 5.75 Å². The summed E-state index contributed by atoms with van der Waals surface area (Å²) in [6.45, 7) is 1.59. The summed E-state index contributed by atoms with van der Waals surface area (Å²) in [5.74, 6) is 5.05. The minimum atomic E-state index is -0.703. The molecule has 1 atom stereocenters. The number of amides is 1. The number of hydrogen-bond acceptors (Lipinski definition) is 4. The zero-order valence-electron chi connectivity index (χ0n) is 11.6. The van der Waals surface area contributed by atoms with Crippen LogP contribution in [-0.4, -0.2) is 17.8 Å². The summed E-state index contributed by atoms with van der Waals surface area (Å²) in [5.41, 5.74) is 3.20. The monoisotopic (exact) mass is 284 g/mol. The fourth-order valence-corrected chi connectivity index (χ4v) is 1.82. The molecule has 108 valence electrons. The molecule has 2 aromatic rings.